The van der Waals surface area contributed by atoms with Crippen molar-refractivity contribution in [1.82, 2.24) is 9.55 Å². The smallest absolute Gasteiger partial charge is 0.315 e. The molecule has 5 rings (SSSR count). The monoisotopic (exact) mass is 374 g/mol. The molecule has 5 nitrogen and oxygen atoms in total. The quantitative estimate of drug-likeness (QED) is 0.868. The van der Waals surface area contributed by atoms with Gasteiger partial charge in [0.05, 0.1) is 11.7 Å². The van der Waals surface area contributed by atoms with E-state index in [4.69, 9.17) is 4.98 Å². The van der Waals surface area contributed by atoms with Crippen LogP contribution in [-0.4, -0.2) is 20.6 Å². The molecule has 1 N–H and O–H groups in total. The van der Waals surface area contributed by atoms with Crippen molar-refractivity contribution in [3.05, 3.63) is 68.4 Å². The number of carboxylic acid groups (broad SMARTS) is 1. The second kappa shape index (κ2) is 5.77. The van der Waals surface area contributed by atoms with Gasteiger partial charge in [-0.2, -0.15) is 0 Å². The Labute approximate surface area is 163 Å². The largest absolute Gasteiger partial charge is 0.481 e. The summed E-state index contributed by atoms with van der Waals surface area (Å²) >= 11 is 0. The van der Waals surface area contributed by atoms with E-state index in [-0.39, 0.29) is 11.6 Å². The van der Waals surface area contributed by atoms with Crippen LogP contribution in [0.4, 0.5) is 0 Å². The Balaban J connectivity index is 1.66. The molecule has 2 unspecified atom stereocenters. The van der Waals surface area contributed by atoms with Crippen LogP contribution in [-0.2, 0) is 11.2 Å². The zero-order chi connectivity index (χ0) is 19.6. The Kier molecular flexibility index (Phi) is 3.54. The van der Waals surface area contributed by atoms with Crippen LogP contribution in [0.1, 0.15) is 59.1 Å². The van der Waals surface area contributed by atoms with Gasteiger partial charge in [-0.1, -0.05) is 29.8 Å². The minimum Gasteiger partial charge on any atom is -0.481 e. The van der Waals surface area contributed by atoms with Crippen molar-refractivity contribution in [1.29, 1.82) is 0 Å². The van der Waals surface area contributed by atoms with Gasteiger partial charge in [0.15, 0.2) is 0 Å². The van der Waals surface area contributed by atoms with E-state index in [2.05, 4.69) is 38.1 Å². The predicted molar refractivity (Wildman–Crippen MR) is 108 cm³/mol. The van der Waals surface area contributed by atoms with Crippen LogP contribution < -0.4 is 5.56 Å². The second-order valence-corrected chi connectivity index (χ2v) is 8.25. The third kappa shape index (κ3) is 2.35. The molecule has 1 aromatic heterocycles. The summed E-state index contributed by atoms with van der Waals surface area (Å²) in [4.78, 5) is 29.7. The SMILES string of the molecule is Cc1ccc(C)c(/C=C2/CCCc3c2nc2n(c3=O)C3CC3(C(=O)O)C=C2)c1. The van der Waals surface area contributed by atoms with Crippen LogP contribution in [0, 0.1) is 19.3 Å². The number of carbonyl (C=O) groups is 1. The summed E-state index contributed by atoms with van der Waals surface area (Å²) in [5, 5.41) is 9.55. The van der Waals surface area contributed by atoms with Crippen molar-refractivity contribution >= 4 is 23.7 Å². The summed E-state index contributed by atoms with van der Waals surface area (Å²) in [7, 11) is 0. The number of carboxylic acids is 1. The van der Waals surface area contributed by atoms with Gasteiger partial charge in [0.2, 0.25) is 0 Å². The van der Waals surface area contributed by atoms with Gasteiger partial charge in [0.25, 0.3) is 5.56 Å². The highest BCUT2D eigenvalue weighted by Gasteiger charge is 2.62. The van der Waals surface area contributed by atoms with E-state index in [1.807, 2.05) is 0 Å². The molecule has 28 heavy (non-hydrogen) atoms. The summed E-state index contributed by atoms with van der Waals surface area (Å²) in [6, 6.07) is 6.07. The Morgan fingerprint density at radius 3 is 2.93 bits per heavy atom. The number of benzene rings is 1. The lowest BCUT2D eigenvalue weighted by atomic mass is 9.89. The number of aromatic nitrogens is 2. The zero-order valence-corrected chi connectivity index (χ0v) is 16.0. The first-order chi connectivity index (χ1) is 13.4. The van der Waals surface area contributed by atoms with Gasteiger partial charge in [-0.05, 0) is 68.4 Å². The molecular formula is C23H22N2O3. The first-order valence-corrected chi connectivity index (χ1v) is 9.77. The lowest BCUT2D eigenvalue weighted by Crippen LogP contribution is -2.33. The number of aliphatic carboxylic acids is 1. The third-order valence-electron chi connectivity index (χ3n) is 6.38. The Morgan fingerprint density at radius 2 is 2.14 bits per heavy atom. The van der Waals surface area contributed by atoms with E-state index < -0.39 is 11.4 Å². The summed E-state index contributed by atoms with van der Waals surface area (Å²) < 4.78 is 1.62. The molecule has 0 bridgehead atoms. The van der Waals surface area contributed by atoms with Crippen LogP contribution in [0.3, 0.4) is 0 Å². The number of hydrogen-bond acceptors (Lipinski definition) is 3. The van der Waals surface area contributed by atoms with Gasteiger partial charge in [0.1, 0.15) is 11.2 Å². The van der Waals surface area contributed by atoms with Gasteiger partial charge in [0, 0.05) is 5.56 Å². The molecular weight excluding hydrogens is 352 g/mol. The average molecular weight is 374 g/mol. The van der Waals surface area contributed by atoms with Crippen LogP contribution in [0.25, 0.3) is 17.7 Å². The maximum Gasteiger partial charge on any atom is 0.315 e. The minimum absolute atomic E-state index is 0.0657. The van der Waals surface area contributed by atoms with E-state index in [0.29, 0.717) is 18.7 Å². The number of fused-ring (bicyclic) bond motifs is 4. The van der Waals surface area contributed by atoms with Gasteiger partial charge in [-0.15, -0.1) is 0 Å². The highest BCUT2D eigenvalue weighted by molar-refractivity contribution is 5.85. The summed E-state index contributed by atoms with van der Waals surface area (Å²) in [6.45, 7) is 4.17. The number of aryl methyl sites for hydroxylation is 2. The highest BCUT2D eigenvalue weighted by atomic mass is 16.4. The van der Waals surface area contributed by atoms with E-state index >= 15 is 0 Å². The lowest BCUT2D eigenvalue weighted by molar-refractivity contribution is -0.141. The zero-order valence-electron chi connectivity index (χ0n) is 16.0. The minimum atomic E-state index is -0.918. The van der Waals surface area contributed by atoms with Crippen LogP contribution in [0.15, 0.2) is 29.1 Å². The average Bonchev–Trinajstić information content (AvgIpc) is 3.42. The molecule has 2 aromatic rings. The molecule has 0 amide bonds. The molecule has 0 spiro atoms. The second-order valence-electron chi connectivity index (χ2n) is 8.25. The molecule has 5 heteroatoms. The molecule has 3 aliphatic rings. The molecule has 2 heterocycles. The van der Waals surface area contributed by atoms with Crippen molar-refractivity contribution < 1.29 is 9.90 Å². The number of allylic oxidation sites excluding steroid dienone is 1. The third-order valence-corrected chi connectivity index (χ3v) is 6.38. The highest BCUT2D eigenvalue weighted by Crippen LogP contribution is 2.59. The lowest BCUT2D eigenvalue weighted by Gasteiger charge is -2.23. The van der Waals surface area contributed by atoms with Gasteiger partial charge in [-0.25, -0.2) is 4.98 Å². The molecule has 1 saturated carbocycles. The van der Waals surface area contributed by atoms with Gasteiger partial charge in [-0.3, -0.25) is 14.2 Å². The van der Waals surface area contributed by atoms with Gasteiger partial charge >= 0.3 is 5.97 Å². The van der Waals surface area contributed by atoms with E-state index in [1.165, 1.54) is 11.1 Å². The molecule has 0 saturated heterocycles. The number of rotatable bonds is 2. The molecule has 1 aromatic carbocycles. The van der Waals surface area contributed by atoms with Crippen molar-refractivity contribution in [3.63, 3.8) is 0 Å². The topological polar surface area (TPSA) is 72.2 Å². The summed E-state index contributed by atoms with van der Waals surface area (Å²) in [5.74, 6) is -0.281. The summed E-state index contributed by atoms with van der Waals surface area (Å²) in [6.07, 6.45) is 8.55. The summed E-state index contributed by atoms with van der Waals surface area (Å²) in [5.41, 5.74) is 5.18. The molecule has 2 aliphatic carbocycles. The fourth-order valence-corrected chi connectivity index (χ4v) is 4.60. The number of hydrogen-bond donors (Lipinski definition) is 1. The van der Waals surface area contributed by atoms with Crippen molar-refractivity contribution in [2.45, 2.75) is 45.6 Å². The van der Waals surface area contributed by atoms with Crippen LogP contribution >= 0.6 is 0 Å². The first kappa shape index (κ1) is 17.2. The molecule has 1 fully saturated rings. The fourth-order valence-electron chi connectivity index (χ4n) is 4.60. The Bertz CT molecular complexity index is 1160. The maximum absolute atomic E-state index is 13.2. The number of nitrogens with zero attached hydrogens (tertiary/aromatic N) is 2. The maximum atomic E-state index is 13.2. The molecule has 1 aliphatic heterocycles. The normalized spacial score (nSPS) is 25.8. The first-order valence-electron chi connectivity index (χ1n) is 9.77. The van der Waals surface area contributed by atoms with Crippen LogP contribution in [0.5, 0.6) is 0 Å². The van der Waals surface area contributed by atoms with Crippen molar-refractivity contribution in [3.8, 4) is 0 Å². The molecule has 142 valence electrons. The fraction of sp³-hybridized carbons (Fsp3) is 0.348. The van der Waals surface area contributed by atoms with E-state index in [0.717, 1.165) is 35.2 Å². The molecule has 0 radical (unpaired) electrons. The standard InChI is InChI=1S/C23H22N2O3/c1-13-6-7-14(2)16(10-13)11-15-4-3-5-17-20(15)24-19-8-9-23(22(27)28)12-18(23)25(19)21(17)26/h6-11,18H,3-5,12H2,1-2H3,(H,27,28)/b15-11-. The molecule has 2 atom stereocenters. The van der Waals surface area contributed by atoms with E-state index in [9.17, 15) is 14.7 Å². The van der Waals surface area contributed by atoms with Gasteiger partial charge < -0.3 is 5.11 Å². The predicted octanol–water partition coefficient (Wildman–Crippen LogP) is 3.78. The Morgan fingerprint density at radius 1 is 1.32 bits per heavy atom. The van der Waals surface area contributed by atoms with E-state index in [1.54, 1.807) is 16.7 Å². The van der Waals surface area contributed by atoms with Crippen molar-refractivity contribution in [2.75, 3.05) is 0 Å². The van der Waals surface area contributed by atoms with Crippen LogP contribution in [0.2, 0.25) is 0 Å². The Hall–Kier alpha value is -2.95. The van der Waals surface area contributed by atoms with Crippen molar-refractivity contribution in [2.24, 2.45) is 5.41 Å².